The molecule has 1 heterocycles. The van der Waals surface area contributed by atoms with Crippen LogP contribution in [0.3, 0.4) is 0 Å². The second kappa shape index (κ2) is 3.74. The van der Waals surface area contributed by atoms with Crippen LogP contribution in [0.5, 0.6) is 0 Å². The molecule has 4 nitrogen and oxygen atoms in total. The number of rotatable bonds is 2. The molecular weight excluding hydrogens is 192 g/mol. The van der Waals surface area contributed by atoms with Crippen LogP contribution in [0.25, 0.3) is 10.9 Å². The van der Waals surface area contributed by atoms with E-state index in [2.05, 4.69) is 9.72 Å². The predicted octanol–water partition coefficient (Wildman–Crippen LogP) is 1.34. The Bertz CT molecular complexity index is 490. The fraction of sp³-hybridized carbons (Fsp3) is 0.182. The molecule has 1 aromatic heterocycles. The molecular formula is C11H12N2O2. The number of nitrogens with one attached hydrogen (secondary N) is 1. The first kappa shape index (κ1) is 9.73. The van der Waals surface area contributed by atoms with Crippen LogP contribution in [0.4, 0.5) is 0 Å². The molecule has 1 atom stereocenters. The van der Waals surface area contributed by atoms with Gasteiger partial charge in [-0.05, 0) is 29.1 Å². The van der Waals surface area contributed by atoms with Crippen molar-refractivity contribution in [2.75, 3.05) is 7.11 Å². The normalized spacial score (nSPS) is 12.7. The molecule has 15 heavy (non-hydrogen) atoms. The van der Waals surface area contributed by atoms with Crippen LogP contribution in [0, 0.1) is 0 Å². The average Bonchev–Trinajstić information content (AvgIpc) is 2.73. The summed E-state index contributed by atoms with van der Waals surface area (Å²) in [6.07, 6.45) is 1.85. The minimum atomic E-state index is -0.714. The number of hydrogen-bond acceptors (Lipinski definition) is 3. The first-order chi connectivity index (χ1) is 7.22. The third-order valence-corrected chi connectivity index (χ3v) is 2.39. The molecule has 0 aliphatic rings. The number of ether oxygens (including phenoxy) is 1. The smallest absolute Gasteiger partial charge is 0.327 e. The van der Waals surface area contributed by atoms with Crippen LogP contribution in [-0.4, -0.2) is 18.1 Å². The monoisotopic (exact) mass is 204 g/mol. The summed E-state index contributed by atoms with van der Waals surface area (Å²) in [5.41, 5.74) is 7.51. The average molecular weight is 204 g/mol. The van der Waals surface area contributed by atoms with Crippen molar-refractivity contribution in [1.29, 1.82) is 0 Å². The summed E-state index contributed by atoms with van der Waals surface area (Å²) >= 11 is 0. The van der Waals surface area contributed by atoms with Crippen LogP contribution in [0.1, 0.15) is 11.6 Å². The molecule has 0 aliphatic carbocycles. The quantitative estimate of drug-likeness (QED) is 0.725. The fourth-order valence-electron chi connectivity index (χ4n) is 1.53. The minimum absolute atomic E-state index is 0.426. The third kappa shape index (κ3) is 1.71. The lowest BCUT2D eigenvalue weighted by molar-refractivity contribution is -0.142. The number of aromatic nitrogens is 1. The third-order valence-electron chi connectivity index (χ3n) is 2.39. The van der Waals surface area contributed by atoms with Gasteiger partial charge in [-0.15, -0.1) is 0 Å². The molecule has 78 valence electrons. The number of fused-ring (bicyclic) bond motifs is 1. The van der Waals surface area contributed by atoms with E-state index in [-0.39, 0.29) is 0 Å². The van der Waals surface area contributed by atoms with E-state index in [1.165, 1.54) is 7.11 Å². The molecule has 2 rings (SSSR count). The van der Waals surface area contributed by atoms with Gasteiger partial charge >= 0.3 is 5.97 Å². The maximum absolute atomic E-state index is 11.2. The van der Waals surface area contributed by atoms with Gasteiger partial charge in [0.25, 0.3) is 0 Å². The van der Waals surface area contributed by atoms with Gasteiger partial charge in [0.05, 0.1) is 7.11 Å². The van der Waals surface area contributed by atoms with Crippen molar-refractivity contribution in [3.05, 3.63) is 36.0 Å². The van der Waals surface area contributed by atoms with Gasteiger partial charge in [-0.3, -0.25) is 4.79 Å². The highest BCUT2D eigenvalue weighted by molar-refractivity contribution is 5.83. The summed E-state index contributed by atoms with van der Waals surface area (Å²) in [4.78, 5) is 14.3. The number of esters is 1. The number of hydrogen-bond donors (Lipinski definition) is 2. The summed E-state index contributed by atoms with van der Waals surface area (Å²) in [7, 11) is 1.33. The number of H-pyrrole nitrogens is 1. The van der Waals surface area contributed by atoms with Crippen LogP contribution in [0.2, 0.25) is 0 Å². The van der Waals surface area contributed by atoms with E-state index in [4.69, 9.17) is 5.73 Å². The highest BCUT2D eigenvalue weighted by Crippen LogP contribution is 2.18. The lowest BCUT2D eigenvalue weighted by Crippen LogP contribution is -2.22. The number of carbonyl (C=O) groups is 1. The van der Waals surface area contributed by atoms with E-state index in [9.17, 15) is 4.79 Å². The van der Waals surface area contributed by atoms with Crippen LogP contribution >= 0.6 is 0 Å². The zero-order chi connectivity index (χ0) is 10.8. The molecule has 0 radical (unpaired) electrons. The first-order valence-corrected chi connectivity index (χ1v) is 4.63. The summed E-state index contributed by atoms with van der Waals surface area (Å²) in [6, 6.07) is 6.82. The predicted molar refractivity (Wildman–Crippen MR) is 57.2 cm³/mol. The first-order valence-electron chi connectivity index (χ1n) is 4.63. The topological polar surface area (TPSA) is 68.1 Å². The van der Waals surface area contributed by atoms with Crippen LogP contribution < -0.4 is 5.73 Å². The Morgan fingerprint density at radius 2 is 2.27 bits per heavy atom. The van der Waals surface area contributed by atoms with E-state index < -0.39 is 12.0 Å². The standard InChI is InChI=1S/C11H12N2O2/c1-15-11(14)10(12)8-2-3-9-7(6-8)4-5-13-9/h2-6,10,13H,12H2,1H3/t10-/m1/s1. The maximum Gasteiger partial charge on any atom is 0.327 e. The molecule has 0 saturated carbocycles. The van der Waals surface area contributed by atoms with Crippen LogP contribution in [-0.2, 0) is 9.53 Å². The van der Waals surface area contributed by atoms with E-state index in [1.54, 1.807) is 0 Å². The van der Waals surface area contributed by atoms with Crippen molar-refractivity contribution in [2.24, 2.45) is 5.73 Å². The van der Waals surface area contributed by atoms with Crippen molar-refractivity contribution in [1.82, 2.24) is 4.98 Å². The highest BCUT2D eigenvalue weighted by atomic mass is 16.5. The Morgan fingerprint density at radius 3 is 3.00 bits per heavy atom. The maximum atomic E-state index is 11.2. The minimum Gasteiger partial charge on any atom is -0.468 e. The number of benzene rings is 1. The summed E-state index contributed by atoms with van der Waals surface area (Å²) < 4.78 is 4.59. The Balaban J connectivity index is 2.39. The Labute approximate surface area is 87.0 Å². The molecule has 2 aromatic rings. The van der Waals surface area contributed by atoms with E-state index in [0.29, 0.717) is 0 Å². The second-order valence-electron chi connectivity index (χ2n) is 3.33. The zero-order valence-electron chi connectivity index (χ0n) is 8.36. The lowest BCUT2D eigenvalue weighted by Gasteiger charge is -2.09. The van der Waals surface area contributed by atoms with Gasteiger partial charge in [0, 0.05) is 11.7 Å². The van der Waals surface area contributed by atoms with Gasteiger partial charge in [0.1, 0.15) is 6.04 Å². The molecule has 4 heteroatoms. The van der Waals surface area contributed by atoms with Crippen molar-refractivity contribution < 1.29 is 9.53 Å². The summed E-state index contributed by atoms with van der Waals surface area (Å²) in [6.45, 7) is 0. The molecule has 1 aromatic carbocycles. The Kier molecular flexibility index (Phi) is 2.43. The Morgan fingerprint density at radius 1 is 1.47 bits per heavy atom. The van der Waals surface area contributed by atoms with Gasteiger partial charge in [0.15, 0.2) is 0 Å². The van der Waals surface area contributed by atoms with E-state index in [1.807, 2.05) is 30.5 Å². The number of carbonyl (C=O) groups excluding carboxylic acids is 1. The van der Waals surface area contributed by atoms with Gasteiger partial charge in [0.2, 0.25) is 0 Å². The Hall–Kier alpha value is -1.81. The van der Waals surface area contributed by atoms with Gasteiger partial charge in [-0.2, -0.15) is 0 Å². The molecule has 0 saturated heterocycles. The summed E-state index contributed by atoms with van der Waals surface area (Å²) in [5.74, 6) is -0.426. The van der Waals surface area contributed by atoms with Crippen molar-refractivity contribution in [2.45, 2.75) is 6.04 Å². The molecule has 0 bridgehead atoms. The summed E-state index contributed by atoms with van der Waals surface area (Å²) in [5, 5.41) is 1.03. The largest absolute Gasteiger partial charge is 0.468 e. The van der Waals surface area contributed by atoms with Gasteiger partial charge in [-0.25, -0.2) is 0 Å². The zero-order valence-corrected chi connectivity index (χ0v) is 8.36. The highest BCUT2D eigenvalue weighted by Gasteiger charge is 2.16. The van der Waals surface area contributed by atoms with E-state index >= 15 is 0 Å². The SMILES string of the molecule is COC(=O)[C@H](N)c1ccc2[nH]ccc2c1. The van der Waals surface area contributed by atoms with E-state index in [0.717, 1.165) is 16.5 Å². The van der Waals surface area contributed by atoms with Crippen molar-refractivity contribution in [3.8, 4) is 0 Å². The molecule has 0 aliphatic heterocycles. The van der Waals surface area contributed by atoms with Crippen molar-refractivity contribution >= 4 is 16.9 Å². The van der Waals surface area contributed by atoms with Crippen LogP contribution in [0.15, 0.2) is 30.5 Å². The lowest BCUT2D eigenvalue weighted by atomic mass is 10.1. The molecule has 0 unspecified atom stereocenters. The molecule has 0 fully saturated rings. The fourth-order valence-corrected chi connectivity index (χ4v) is 1.53. The van der Waals surface area contributed by atoms with Gasteiger partial charge in [-0.1, -0.05) is 6.07 Å². The number of methoxy groups -OCH3 is 1. The number of aromatic amines is 1. The van der Waals surface area contributed by atoms with Gasteiger partial charge < -0.3 is 15.5 Å². The number of nitrogens with two attached hydrogens (primary N) is 1. The molecule has 0 amide bonds. The molecule has 0 spiro atoms. The second-order valence-corrected chi connectivity index (χ2v) is 3.33. The van der Waals surface area contributed by atoms with Crippen molar-refractivity contribution in [3.63, 3.8) is 0 Å². The molecule has 3 N–H and O–H groups in total.